The summed E-state index contributed by atoms with van der Waals surface area (Å²) in [5, 5.41) is 0. The Bertz CT molecular complexity index is 997. The van der Waals surface area contributed by atoms with Crippen LogP contribution in [0.5, 0.6) is 11.5 Å². The zero-order chi connectivity index (χ0) is 22.3. The summed E-state index contributed by atoms with van der Waals surface area (Å²) >= 11 is 0. The first-order valence-electron chi connectivity index (χ1n) is 9.20. The molecule has 0 aliphatic carbocycles. The van der Waals surface area contributed by atoms with Gasteiger partial charge in [-0.3, -0.25) is 20.4 Å². The van der Waals surface area contributed by atoms with Gasteiger partial charge in [-0.05, 0) is 30.3 Å². The molecule has 0 aliphatic rings. The number of benzene rings is 2. The molecule has 0 bridgehead atoms. The van der Waals surface area contributed by atoms with Crippen LogP contribution in [0, 0.1) is 0 Å². The zero-order valence-electron chi connectivity index (χ0n) is 17.3. The second-order valence-corrected chi connectivity index (χ2v) is 8.06. The maximum absolute atomic E-state index is 12.6. The number of hydrogen-bond acceptors (Lipinski definition) is 6. The lowest BCUT2D eigenvalue weighted by Gasteiger charge is -2.18. The van der Waals surface area contributed by atoms with Gasteiger partial charge in [0.05, 0.1) is 19.1 Å². The molecule has 0 fully saturated rings. The van der Waals surface area contributed by atoms with Crippen LogP contribution in [0.4, 0.5) is 0 Å². The molecule has 2 aromatic rings. The van der Waals surface area contributed by atoms with Gasteiger partial charge in [-0.25, -0.2) is 8.42 Å². The first kappa shape index (κ1) is 23.2. The van der Waals surface area contributed by atoms with Gasteiger partial charge in [0.25, 0.3) is 11.8 Å². The molecule has 0 radical (unpaired) electrons. The predicted molar refractivity (Wildman–Crippen MR) is 111 cm³/mol. The highest BCUT2D eigenvalue weighted by Crippen LogP contribution is 2.22. The van der Waals surface area contributed by atoms with Crippen LogP contribution in [0.3, 0.4) is 0 Å². The minimum atomic E-state index is -3.71. The van der Waals surface area contributed by atoms with Crippen molar-refractivity contribution in [2.75, 3.05) is 27.3 Å². The minimum Gasteiger partial charge on any atom is -0.497 e. The molecule has 0 heterocycles. The smallest absolute Gasteiger partial charge is 0.269 e. The Morgan fingerprint density at radius 1 is 0.867 bits per heavy atom. The third-order valence-electron chi connectivity index (χ3n) is 4.34. The zero-order valence-corrected chi connectivity index (χ0v) is 18.1. The van der Waals surface area contributed by atoms with Crippen LogP contribution < -0.4 is 20.3 Å². The molecule has 2 aromatic carbocycles. The van der Waals surface area contributed by atoms with Crippen molar-refractivity contribution >= 4 is 21.8 Å². The molecule has 9 nitrogen and oxygen atoms in total. The Hall–Kier alpha value is -3.11. The molecular weight excluding hydrogens is 410 g/mol. The van der Waals surface area contributed by atoms with E-state index < -0.39 is 21.8 Å². The Balaban J connectivity index is 2.15. The lowest BCUT2D eigenvalue weighted by molar-refractivity contribution is 0.0846. The summed E-state index contributed by atoms with van der Waals surface area (Å²) in [6, 6.07) is 10.2. The number of amides is 2. The fourth-order valence-corrected chi connectivity index (χ4v) is 4.21. The Morgan fingerprint density at radius 2 is 1.40 bits per heavy atom. The quantitative estimate of drug-likeness (QED) is 0.612. The third kappa shape index (κ3) is 5.28. The van der Waals surface area contributed by atoms with Gasteiger partial charge in [0, 0.05) is 30.3 Å². The van der Waals surface area contributed by atoms with E-state index in [1.165, 1.54) is 54.9 Å². The summed E-state index contributed by atoms with van der Waals surface area (Å²) in [6.45, 7) is 4.10. The van der Waals surface area contributed by atoms with Crippen LogP contribution in [0.15, 0.2) is 47.4 Å². The highest BCUT2D eigenvalue weighted by molar-refractivity contribution is 7.89. The molecule has 2 amide bonds. The topological polar surface area (TPSA) is 114 Å². The highest BCUT2D eigenvalue weighted by Gasteiger charge is 2.22. The van der Waals surface area contributed by atoms with E-state index >= 15 is 0 Å². The van der Waals surface area contributed by atoms with Gasteiger partial charge in [0.15, 0.2) is 0 Å². The number of methoxy groups -OCH3 is 2. The van der Waals surface area contributed by atoms with Gasteiger partial charge >= 0.3 is 0 Å². The van der Waals surface area contributed by atoms with Gasteiger partial charge in [-0.15, -0.1) is 0 Å². The number of hydrazine groups is 1. The number of nitrogens with zero attached hydrogens (tertiary/aromatic N) is 1. The van der Waals surface area contributed by atoms with Crippen molar-refractivity contribution in [1.29, 1.82) is 0 Å². The third-order valence-corrected chi connectivity index (χ3v) is 6.39. The number of nitrogens with one attached hydrogen (secondary N) is 2. The number of ether oxygens (including phenoxy) is 2. The molecule has 162 valence electrons. The van der Waals surface area contributed by atoms with Gasteiger partial charge in [-0.1, -0.05) is 19.9 Å². The molecule has 0 saturated carbocycles. The van der Waals surface area contributed by atoms with Crippen molar-refractivity contribution in [1.82, 2.24) is 15.2 Å². The van der Waals surface area contributed by atoms with Crippen LogP contribution in [0.1, 0.15) is 34.6 Å². The van der Waals surface area contributed by atoms with E-state index in [9.17, 15) is 18.0 Å². The van der Waals surface area contributed by atoms with E-state index in [2.05, 4.69) is 10.9 Å². The molecule has 2 rings (SSSR count). The van der Waals surface area contributed by atoms with Crippen LogP contribution in [-0.2, 0) is 10.0 Å². The van der Waals surface area contributed by atoms with Gasteiger partial charge < -0.3 is 9.47 Å². The van der Waals surface area contributed by atoms with E-state index in [1.54, 1.807) is 19.9 Å². The number of rotatable bonds is 8. The summed E-state index contributed by atoms with van der Waals surface area (Å²) in [5.74, 6) is -0.414. The molecule has 2 N–H and O–H groups in total. The van der Waals surface area contributed by atoms with E-state index in [-0.39, 0.29) is 16.0 Å². The maximum Gasteiger partial charge on any atom is 0.269 e. The van der Waals surface area contributed by atoms with Crippen LogP contribution >= 0.6 is 0 Å². The van der Waals surface area contributed by atoms with Gasteiger partial charge in [-0.2, -0.15) is 4.31 Å². The number of carbonyl (C=O) groups excluding carboxylic acids is 2. The first-order chi connectivity index (χ1) is 14.3. The number of hydrogen-bond donors (Lipinski definition) is 2. The second-order valence-electron chi connectivity index (χ2n) is 6.13. The van der Waals surface area contributed by atoms with Crippen molar-refractivity contribution in [3.8, 4) is 11.5 Å². The fourth-order valence-electron chi connectivity index (χ4n) is 2.71. The maximum atomic E-state index is 12.6. The summed E-state index contributed by atoms with van der Waals surface area (Å²) in [5.41, 5.74) is 4.88. The molecule has 0 saturated heterocycles. The molecule has 30 heavy (non-hydrogen) atoms. The molecule has 0 atom stereocenters. The summed E-state index contributed by atoms with van der Waals surface area (Å²) in [4.78, 5) is 24.8. The standard InChI is InChI=1S/C20H25N3O6S/c1-5-23(6-2)30(26,27)18-9-7-8-14(12-18)19(24)21-22-20(25)15-10-16(28-3)13-17(11-15)29-4/h7-13H,5-6H2,1-4H3,(H,21,24)(H,22,25). The minimum absolute atomic E-state index is 0.00251. The van der Waals surface area contributed by atoms with Crippen molar-refractivity contribution in [2.24, 2.45) is 0 Å². The van der Waals surface area contributed by atoms with Crippen molar-refractivity contribution < 1.29 is 27.5 Å². The van der Waals surface area contributed by atoms with Crippen LogP contribution in [0.25, 0.3) is 0 Å². The van der Waals surface area contributed by atoms with E-state index in [0.717, 1.165) is 0 Å². The van der Waals surface area contributed by atoms with Gasteiger partial charge in [0.2, 0.25) is 10.0 Å². The van der Waals surface area contributed by atoms with Crippen molar-refractivity contribution in [2.45, 2.75) is 18.7 Å². The summed E-state index contributed by atoms with van der Waals surface area (Å²) in [7, 11) is -0.797. The van der Waals surface area contributed by atoms with Crippen LogP contribution in [-0.4, -0.2) is 51.8 Å². The SMILES string of the molecule is CCN(CC)S(=O)(=O)c1cccc(C(=O)NNC(=O)c2cc(OC)cc(OC)c2)c1. The van der Waals surface area contributed by atoms with E-state index in [0.29, 0.717) is 24.6 Å². The average molecular weight is 436 g/mol. The van der Waals surface area contributed by atoms with E-state index in [4.69, 9.17) is 9.47 Å². The first-order valence-corrected chi connectivity index (χ1v) is 10.6. The Morgan fingerprint density at radius 3 is 1.90 bits per heavy atom. The Kier molecular flexibility index (Phi) is 7.79. The molecular formula is C20H25N3O6S. The molecule has 0 aliphatic heterocycles. The largest absolute Gasteiger partial charge is 0.497 e. The summed E-state index contributed by atoms with van der Waals surface area (Å²) in [6.07, 6.45) is 0. The normalized spacial score (nSPS) is 11.1. The Labute approximate surface area is 176 Å². The average Bonchev–Trinajstić information content (AvgIpc) is 2.77. The second kappa shape index (κ2) is 10.1. The molecule has 10 heteroatoms. The lowest BCUT2D eigenvalue weighted by atomic mass is 10.2. The molecule has 0 spiro atoms. The van der Waals surface area contributed by atoms with E-state index in [1.807, 2.05) is 0 Å². The van der Waals surface area contributed by atoms with Crippen molar-refractivity contribution in [3.05, 3.63) is 53.6 Å². The van der Waals surface area contributed by atoms with Gasteiger partial charge in [0.1, 0.15) is 11.5 Å². The molecule has 0 unspecified atom stereocenters. The fraction of sp³-hybridized carbons (Fsp3) is 0.300. The van der Waals surface area contributed by atoms with Crippen molar-refractivity contribution in [3.63, 3.8) is 0 Å². The lowest BCUT2D eigenvalue weighted by Crippen LogP contribution is -2.41. The summed E-state index contributed by atoms with van der Waals surface area (Å²) < 4.78 is 36.8. The van der Waals surface area contributed by atoms with Crippen LogP contribution in [0.2, 0.25) is 0 Å². The predicted octanol–water partition coefficient (Wildman–Crippen LogP) is 1.81. The monoisotopic (exact) mass is 435 g/mol. The highest BCUT2D eigenvalue weighted by atomic mass is 32.2. The number of sulfonamides is 1. The number of carbonyl (C=O) groups is 2. The molecule has 0 aromatic heterocycles.